The molecule has 4 nitrogen and oxygen atoms in total. The highest BCUT2D eigenvalue weighted by Crippen LogP contribution is 2.34. The van der Waals surface area contributed by atoms with Crippen LogP contribution < -0.4 is 5.32 Å². The minimum Gasteiger partial charge on any atom is -0.348 e. The predicted octanol–water partition coefficient (Wildman–Crippen LogP) is 4.88. The lowest BCUT2D eigenvalue weighted by Gasteiger charge is -2.37. The molecular weight excluding hydrogens is 368 g/mol. The monoisotopic (exact) mass is 398 g/mol. The van der Waals surface area contributed by atoms with E-state index in [2.05, 4.69) is 42.7 Å². The van der Waals surface area contributed by atoms with Gasteiger partial charge in [0.1, 0.15) is 0 Å². The van der Waals surface area contributed by atoms with Gasteiger partial charge >= 0.3 is 0 Å². The predicted molar refractivity (Wildman–Crippen MR) is 114 cm³/mol. The van der Waals surface area contributed by atoms with Gasteiger partial charge in [-0.1, -0.05) is 57.0 Å². The summed E-state index contributed by atoms with van der Waals surface area (Å²) in [5.74, 6) is 0.450. The molecule has 3 rings (SSSR count). The van der Waals surface area contributed by atoms with Crippen molar-refractivity contribution in [1.82, 2.24) is 10.2 Å². The fourth-order valence-electron chi connectivity index (χ4n) is 4.31. The van der Waals surface area contributed by atoms with Crippen LogP contribution in [0.2, 0.25) is 0 Å². The Morgan fingerprint density at radius 1 is 1.18 bits per heavy atom. The number of benzene rings is 1. The van der Waals surface area contributed by atoms with Crippen LogP contribution in [0.5, 0.6) is 0 Å². The van der Waals surface area contributed by atoms with Crippen molar-refractivity contribution in [2.45, 2.75) is 58.5 Å². The van der Waals surface area contributed by atoms with Crippen molar-refractivity contribution >= 4 is 23.2 Å². The first-order chi connectivity index (χ1) is 13.5. The Kier molecular flexibility index (Phi) is 6.89. The number of rotatable bonds is 7. The first-order valence-corrected chi connectivity index (χ1v) is 11.1. The average Bonchev–Trinajstić information content (AvgIpc) is 3.22. The SMILES string of the molecule is CCC(CC)C(NC(=O)CC1c2ccccc2CCN1C(C)=O)c1cccs1. The summed E-state index contributed by atoms with van der Waals surface area (Å²) in [6, 6.07) is 12.2. The fraction of sp³-hybridized carbons (Fsp3) is 0.478. The van der Waals surface area contributed by atoms with Gasteiger partial charge in [-0.3, -0.25) is 9.59 Å². The molecule has 2 amide bonds. The zero-order valence-electron chi connectivity index (χ0n) is 17.0. The number of carbonyl (C=O) groups excluding carboxylic acids is 2. The first kappa shape index (κ1) is 20.6. The second kappa shape index (κ2) is 9.37. The highest BCUT2D eigenvalue weighted by Gasteiger charge is 2.32. The second-order valence-electron chi connectivity index (χ2n) is 7.52. The lowest BCUT2D eigenvalue weighted by Crippen LogP contribution is -2.42. The van der Waals surface area contributed by atoms with Crippen LogP contribution >= 0.6 is 11.3 Å². The summed E-state index contributed by atoms with van der Waals surface area (Å²) in [5.41, 5.74) is 2.35. The van der Waals surface area contributed by atoms with Gasteiger partial charge in [0, 0.05) is 18.3 Å². The molecule has 150 valence electrons. The Bertz CT molecular complexity index is 799. The van der Waals surface area contributed by atoms with E-state index < -0.39 is 0 Å². The second-order valence-corrected chi connectivity index (χ2v) is 8.50. The van der Waals surface area contributed by atoms with Gasteiger partial charge in [0.15, 0.2) is 0 Å². The molecule has 0 saturated carbocycles. The Morgan fingerprint density at radius 3 is 2.57 bits per heavy atom. The number of carbonyl (C=O) groups is 2. The molecule has 2 heterocycles. The summed E-state index contributed by atoms with van der Waals surface area (Å²) in [7, 11) is 0. The number of fused-ring (bicyclic) bond motifs is 1. The number of amides is 2. The summed E-state index contributed by atoms with van der Waals surface area (Å²) in [6.45, 7) is 6.62. The van der Waals surface area contributed by atoms with E-state index in [1.54, 1.807) is 18.3 Å². The lowest BCUT2D eigenvalue weighted by atomic mass is 9.89. The first-order valence-electron chi connectivity index (χ1n) is 10.2. The molecule has 1 aliphatic heterocycles. The van der Waals surface area contributed by atoms with E-state index >= 15 is 0 Å². The van der Waals surface area contributed by atoms with E-state index in [0.717, 1.165) is 24.8 Å². The van der Waals surface area contributed by atoms with Gasteiger partial charge in [0.05, 0.1) is 18.5 Å². The van der Waals surface area contributed by atoms with Gasteiger partial charge < -0.3 is 10.2 Å². The fourth-order valence-corrected chi connectivity index (χ4v) is 5.18. The molecule has 0 fully saturated rings. The summed E-state index contributed by atoms with van der Waals surface area (Å²) >= 11 is 1.69. The van der Waals surface area contributed by atoms with Gasteiger partial charge in [0.2, 0.25) is 11.8 Å². The van der Waals surface area contributed by atoms with Crippen LogP contribution in [0.4, 0.5) is 0 Å². The lowest BCUT2D eigenvalue weighted by molar-refractivity contribution is -0.133. The third kappa shape index (κ3) is 4.46. The van der Waals surface area contributed by atoms with Crippen LogP contribution in [0.1, 0.15) is 68.1 Å². The molecule has 0 spiro atoms. The summed E-state index contributed by atoms with van der Waals surface area (Å²) in [4.78, 5) is 28.3. The van der Waals surface area contributed by atoms with E-state index in [4.69, 9.17) is 0 Å². The zero-order chi connectivity index (χ0) is 20.1. The maximum Gasteiger partial charge on any atom is 0.222 e. The molecule has 0 radical (unpaired) electrons. The Morgan fingerprint density at radius 2 is 1.93 bits per heavy atom. The van der Waals surface area contributed by atoms with Crippen molar-refractivity contribution in [1.29, 1.82) is 0 Å². The molecule has 2 aromatic rings. The molecule has 1 aromatic carbocycles. The minimum absolute atomic E-state index is 0.0123. The molecule has 1 aliphatic rings. The number of nitrogens with zero attached hydrogens (tertiary/aromatic N) is 1. The number of thiophene rings is 1. The smallest absolute Gasteiger partial charge is 0.222 e. The van der Waals surface area contributed by atoms with Crippen LogP contribution in [-0.4, -0.2) is 23.3 Å². The summed E-state index contributed by atoms with van der Waals surface area (Å²) < 4.78 is 0. The summed E-state index contributed by atoms with van der Waals surface area (Å²) in [6.07, 6.45) is 3.19. The molecule has 2 atom stereocenters. The summed E-state index contributed by atoms with van der Waals surface area (Å²) in [5, 5.41) is 5.35. The number of hydrogen-bond donors (Lipinski definition) is 1. The standard InChI is InChI=1S/C23H30N2O2S/c1-4-17(5-2)23(21-11-8-14-28-21)24-22(27)15-20-19-10-7-6-9-18(19)12-13-25(20)16(3)26/h6-11,14,17,20,23H,4-5,12-13,15H2,1-3H3,(H,24,27). The Hall–Kier alpha value is -2.14. The topological polar surface area (TPSA) is 49.4 Å². The molecule has 28 heavy (non-hydrogen) atoms. The normalized spacial score (nSPS) is 17.3. The molecule has 5 heteroatoms. The average molecular weight is 399 g/mol. The van der Waals surface area contributed by atoms with Gasteiger partial charge in [-0.15, -0.1) is 11.3 Å². The van der Waals surface area contributed by atoms with E-state index in [0.29, 0.717) is 18.9 Å². The van der Waals surface area contributed by atoms with E-state index in [1.165, 1.54) is 10.4 Å². The third-order valence-corrected chi connectivity index (χ3v) is 6.84. The van der Waals surface area contributed by atoms with Gasteiger partial charge in [-0.05, 0) is 34.9 Å². The van der Waals surface area contributed by atoms with Crippen molar-refractivity contribution in [2.24, 2.45) is 5.92 Å². The highest BCUT2D eigenvalue weighted by atomic mass is 32.1. The van der Waals surface area contributed by atoms with E-state index in [-0.39, 0.29) is 23.9 Å². The zero-order valence-corrected chi connectivity index (χ0v) is 17.8. The highest BCUT2D eigenvalue weighted by molar-refractivity contribution is 7.10. The van der Waals surface area contributed by atoms with Crippen LogP contribution in [0, 0.1) is 5.92 Å². The van der Waals surface area contributed by atoms with Crippen molar-refractivity contribution in [3.8, 4) is 0 Å². The van der Waals surface area contributed by atoms with Crippen LogP contribution in [0.15, 0.2) is 41.8 Å². The van der Waals surface area contributed by atoms with Crippen LogP contribution in [-0.2, 0) is 16.0 Å². The number of hydrogen-bond acceptors (Lipinski definition) is 3. The molecule has 1 N–H and O–H groups in total. The molecule has 2 unspecified atom stereocenters. The van der Waals surface area contributed by atoms with Crippen molar-refractivity contribution < 1.29 is 9.59 Å². The van der Waals surface area contributed by atoms with E-state index in [9.17, 15) is 9.59 Å². The minimum atomic E-state index is -0.187. The molecule has 1 aromatic heterocycles. The quantitative estimate of drug-likeness (QED) is 0.723. The molecule has 0 aliphatic carbocycles. The largest absolute Gasteiger partial charge is 0.348 e. The van der Waals surface area contributed by atoms with E-state index in [1.807, 2.05) is 23.1 Å². The maximum atomic E-state index is 13.1. The van der Waals surface area contributed by atoms with Gasteiger partial charge in [-0.2, -0.15) is 0 Å². The Balaban J connectivity index is 1.80. The number of nitrogens with one attached hydrogen (secondary N) is 1. The van der Waals surface area contributed by atoms with Crippen molar-refractivity contribution in [2.75, 3.05) is 6.54 Å². The van der Waals surface area contributed by atoms with Crippen molar-refractivity contribution in [3.05, 3.63) is 57.8 Å². The van der Waals surface area contributed by atoms with Gasteiger partial charge in [0.25, 0.3) is 0 Å². The Labute approximate surface area is 172 Å². The van der Waals surface area contributed by atoms with Crippen molar-refractivity contribution in [3.63, 3.8) is 0 Å². The molecule has 0 bridgehead atoms. The third-order valence-electron chi connectivity index (χ3n) is 5.88. The molecular formula is C23H30N2O2S. The van der Waals surface area contributed by atoms with Crippen LogP contribution in [0.3, 0.4) is 0 Å². The molecule has 0 saturated heterocycles. The van der Waals surface area contributed by atoms with Gasteiger partial charge in [-0.25, -0.2) is 0 Å². The van der Waals surface area contributed by atoms with Crippen LogP contribution in [0.25, 0.3) is 0 Å². The maximum absolute atomic E-state index is 13.1.